The van der Waals surface area contributed by atoms with E-state index in [-0.39, 0.29) is 5.65 Å². The molecule has 0 aliphatic heterocycles. The number of halogens is 3. The lowest BCUT2D eigenvalue weighted by atomic mass is 10.4. The molecule has 0 atom stereocenters. The van der Waals surface area contributed by atoms with Crippen LogP contribution >= 0.6 is 0 Å². The van der Waals surface area contributed by atoms with Gasteiger partial charge in [-0.25, -0.2) is 9.89 Å². The molecular weight excluding hydrogens is 201 g/mol. The first-order valence-electron chi connectivity index (χ1n) is 3.50. The summed E-state index contributed by atoms with van der Waals surface area (Å²) < 4.78 is 37.0. The first kappa shape index (κ1) is 8.73. The Morgan fingerprint density at radius 2 is 2.07 bits per heavy atom. The third-order valence-electron chi connectivity index (χ3n) is 1.56. The van der Waals surface area contributed by atoms with E-state index in [4.69, 9.17) is 0 Å². The van der Waals surface area contributed by atoms with E-state index in [0.29, 0.717) is 4.52 Å². The van der Waals surface area contributed by atoms with Crippen molar-refractivity contribution >= 4 is 5.65 Å². The maximum Gasteiger partial charge on any atom is 0.435 e. The van der Waals surface area contributed by atoms with Crippen molar-refractivity contribution in [1.29, 1.82) is 0 Å². The molecule has 0 bridgehead atoms. The van der Waals surface area contributed by atoms with Crippen LogP contribution in [0.5, 0.6) is 0 Å². The van der Waals surface area contributed by atoms with Gasteiger partial charge in [0.1, 0.15) is 0 Å². The van der Waals surface area contributed by atoms with Crippen molar-refractivity contribution in [2.45, 2.75) is 6.18 Å². The second kappa shape index (κ2) is 2.56. The molecule has 8 heteroatoms. The fourth-order valence-electron chi connectivity index (χ4n) is 0.954. The largest absolute Gasteiger partial charge is 0.435 e. The molecule has 2 heterocycles. The van der Waals surface area contributed by atoms with Crippen LogP contribution in [0.2, 0.25) is 0 Å². The van der Waals surface area contributed by atoms with Gasteiger partial charge in [0.05, 0.1) is 0 Å². The molecule has 0 saturated carbocycles. The molecule has 0 aliphatic rings. The van der Waals surface area contributed by atoms with Crippen molar-refractivity contribution in [3.05, 3.63) is 28.3 Å². The lowest BCUT2D eigenvalue weighted by Crippen LogP contribution is -2.17. The van der Waals surface area contributed by atoms with Gasteiger partial charge in [-0.2, -0.15) is 27.9 Å². The summed E-state index contributed by atoms with van der Waals surface area (Å²) in [5, 5.41) is 8.51. The van der Waals surface area contributed by atoms with Gasteiger partial charge in [-0.1, -0.05) is 0 Å². The summed E-state index contributed by atoms with van der Waals surface area (Å²) in [5.74, 6) is 0. The van der Waals surface area contributed by atoms with Crippen LogP contribution in [0.25, 0.3) is 5.65 Å². The molecule has 74 valence electrons. The smallest absolute Gasteiger partial charge is 0.244 e. The molecule has 2 aromatic heterocycles. The normalized spacial score (nSPS) is 12.2. The molecule has 0 spiro atoms. The summed E-state index contributed by atoms with van der Waals surface area (Å²) in [4.78, 5) is 10.9. The minimum Gasteiger partial charge on any atom is -0.244 e. The SMILES string of the molecule is O=c1[nH]nc2ccc(C(F)(F)F)nn12. The van der Waals surface area contributed by atoms with E-state index in [2.05, 4.69) is 10.2 Å². The second-order valence-electron chi connectivity index (χ2n) is 2.52. The predicted molar refractivity (Wildman–Crippen MR) is 38.6 cm³/mol. The van der Waals surface area contributed by atoms with Crippen molar-refractivity contribution in [3.8, 4) is 0 Å². The minimum atomic E-state index is -4.56. The average Bonchev–Trinajstić information content (AvgIpc) is 2.46. The van der Waals surface area contributed by atoms with Crippen molar-refractivity contribution in [2.24, 2.45) is 0 Å². The van der Waals surface area contributed by atoms with Gasteiger partial charge in [0, 0.05) is 0 Å². The van der Waals surface area contributed by atoms with Crippen LogP contribution in [0.15, 0.2) is 16.9 Å². The van der Waals surface area contributed by atoms with Crippen molar-refractivity contribution in [2.75, 3.05) is 0 Å². The van der Waals surface area contributed by atoms with E-state index in [1.807, 2.05) is 5.10 Å². The predicted octanol–water partition coefficient (Wildman–Crippen LogP) is 0.436. The molecule has 0 unspecified atom stereocenters. The van der Waals surface area contributed by atoms with Gasteiger partial charge >= 0.3 is 11.9 Å². The number of H-pyrrole nitrogens is 1. The fourth-order valence-corrected chi connectivity index (χ4v) is 0.954. The molecule has 0 aromatic carbocycles. The van der Waals surface area contributed by atoms with E-state index in [1.165, 1.54) is 0 Å². The van der Waals surface area contributed by atoms with Gasteiger partial charge in [0.2, 0.25) is 0 Å². The van der Waals surface area contributed by atoms with Crippen LogP contribution in [-0.4, -0.2) is 19.8 Å². The van der Waals surface area contributed by atoms with E-state index in [0.717, 1.165) is 12.1 Å². The van der Waals surface area contributed by atoms with Crippen molar-refractivity contribution in [1.82, 2.24) is 19.8 Å². The molecular formula is C6H3F3N4O. The van der Waals surface area contributed by atoms with Gasteiger partial charge in [-0.05, 0) is 12.1 Å². The molecule has 2 rings (SSSR count). The monoisotopic (exact) mass is 204 g/mol. The number of rotatable bonds is 0. The van der Waals surface area contributed by atoms with Crippen LogP contribution in [0, 0.1) is 0 Å². The summed E-state index contributed by atoms with van der Waals surface area (Å²) in [6, 6.07) is 1.82. The first-order valence-corrected chi connectivity index (χ1v) is 3.50. The number of aromatic amines is 1. The maximum atomic E-state index is 12.1. The quantitative estimate of drug-likeness (QED) is 0.677. The molecule has 0 amide bonds. The average molecular weight is 204 g/mol. The van der Waals surface area contributed by atoms with Crippen molar-refractivity contribution < 1.29 is 13.2 Å². The fraction of sp³-hybridized carbons (Fsp3) is 0.167. The van der Waals surface area contributed by atoms with E-state index in [1.54, 1.807) is 0 Å². The third kappa shape index (κ3) is 1.24. The number of alkyl halides is 3. The highest BCUT2D eigenvalue weighted by Gasteiger charge is 2.33. The summed E-state index contributed by atoms with van der Waals surface area (Å²) in [5.41, 5.74) is -1.89. The van der Waals surface area contributed by atoms with E-state index >= 15 is 0 Å². The van der Waals surface area contributed by atoms with Crippen LogP contribution in [0.4, 0.5) is 13.2 Å². The topological polar surface area (TPSA) is 63.0 Å². The molecule has 0 saturated heterocycles. The number of nitrogens with one attached hydrogen (secondary N) is 1. The zero-order valence-electron chi connectivity index (χ0n) is 6.54. The molecule has 0 aliphatic carbocycles. The Kier molecular flexibility index (Phi) is 1.60. The highest BCUT2D eigenvalue weighted by molar-refractivity contribution is 5.34. The Morgan fingerprint density at radius 3 is 2.71 bits per heavy atom. The Labute approximate surface area is 74.2 Å². The molecule has 1 N–H and O–H groups in total. The number of hydrogen-bond acceptors (Lipinski definition) is 3. The molecule has 5 nitrogen and oxygen atoms in total. The minimum absolute atomic E-state index is 0.0444. The summed E-state index contributed by atoms with van der Waals surface area (Å²) in [6.07, 6.45) is -4.56. The van der Waals surface area contributed by atoms with Gasteiger partial charge < -0.3 is 0 Å². The molecule has 0 fully saturated rings. The highest BCUT2D eigenvalue weighted by atomic mass is 19.4. The Balaban J connectivity index is 2.72. The van der Waals surface area contributed by atoms with Crippen LogP contribution in [-0.2, 0) is 6.18 Å². The van der Waals surface area contributed by atoms with Gasteiger partial charge in [-0.15, -0.1) is 0 Å². The maximum absolute atomic E-state index is 12.1. The molecule has 0 radical (unpaired) electrons. The zero-order valence-corrected chi connectivity index (χ0v) is 6.54. The van der Waals surface area contributed by atoms with Gasteiger partial charge in [-0.3, -0.25) is 0 Å². The number of hydrogen-bond donors (Lipinski definition) is 1. The Hall–Kier alpha value is -1.86. The Bertz CT molecular complexity index is 526. The molecule has 14 heavy (non-hydrogen) atoms. The lowest BCUT2D eigenvalue weighted by Gasteiger charge is -2.03. The summed E-state index contributed by atoms with van der Waals surface area (Å²) in [6.45, 7) is 0. The van der Waals surface area contributed by atoms with Gasteiger partial charge in [0.25, 0.3) is 0 Å². The van der Waals surface area contributed by atoms with Gasteiger partial charge in [0.15, 0.2) is 11.3 Å². The third-order valence-corrected chi connectivity index (χ3v) is 1.56. The van der Waals surface area contributed by atoms with Crippen molar-refractivity contribution in [3.63, 3.8) is 0 Å². The second-order valence-corrected chi connectivity index (χ2v) is 2.52. The summed E-state index contributed by atoms with van der Waals surface area (Å²) in [7, 11) is 0. The van der Waals surface area contributed by atoms with E-state index < -0.39 is 17.6 Å². The number of fused-ring (bicyclic) bond motifs is 1. The standard InChI is InChI=1S/C6H3F3N4O/c7-6(8,9)3-1-2-4-10-11-5(14)13(4)12-3/h1-2H,(H,11,14). The summed E-state index contributed by atoms with van der Waals surface area (Å²) >= 11 is 0. The lowest BCUT2D eigenvalue weighted by molar-refractivity contribution is -0.141. The highest BCUT2D eigenvalue weighted by Crippen LogP contribution is 2.26. The zero-order chi connectivity index (χ0) is 10.3. The number of aromatic nitrogens is 4. The van der Waals surface area contributed by atoms with Crippen LogP contribution in [0.3, 0.4) is 0 Å². The van der Waals surface area contributed by atoms with Crippen LogP contribution < -0.4 is 5.69 Å². The number of nitrogens with zero attached hydrogens (tertiary/aromatic N) is 3. The van der Waals surface area contributed by atoms with E-state index in [9.17, 15) is 18.0 Å². The van der Waals surface area contributed by atoms with Crippen LogP contribution in [0.1, 0.15) is 5.69 Å². The first-order chi connectivity index (χ1) is 6.48. The Morgan fingerprint density at radius 1 is 1.36 bits per heavy atom. The molecule has 2 aromatic rings.